The molecule has 0 fully saturated rings. The fourth-order valence-corrected chi connectivity index (χ4v) is 3.72. The zero-order valence-electron chi connectivity index (χ0n) is 17.0. The van der Waals surface area contributed by atoms with Gasteiger partial charge >= 0.3 is 0 Å². The zero-order valence-corrected chi connectivity index (χ0v) is 17.8. The number of hydrazone groups is 1. The summed E-state index contributed by atoms with van der Waals surface area (Å²) in [6.07, 6.45) is 1.64. The topological polar surface area (TPSA) is 89.5 Å². The molecule has 0 aliphatic rings. The highest BCUT2D eigenvalue weighted by Crippen LogP contribution is 2.21. The number of amides is 1. The number of aromatic nitrogens is 1. The third kappa shape index (κ3) is 5.15. The van der Waals surface area contributed by atoms with Gasteiger partial charge < -0.3 is 4.57 Å². The van der Waals surface area contributed by atoms with E-state index in [0.29, 0.717) is 0 Å². The van der Waals surface area contributed by atoms with Crippen molar-refractivity contribution >= 4 is 29.6 Å². The first-order valence-electron chi connectivity index (χ1n) is 9.30. The summed E-state index contributed by atoms with van der Waals surface area (Å²) in [5, 5.41) is 14.7. The summed E-state index contributed by atoms with van der Waals surface area (Å²) in [4.78, 5) is 23.0. The van der Waals surface area contributed by atoms with Crippen LogP contribution in [0.25, 0.3) is 5.69 Å². The van der Waals surface area contributed by atoms with E-state index < -0.39 is 4.92 Å². The standard InChI is InChI=1S/C22H22N4O3S/c1-15-4-6-19(7-5-15)25-16(2)12-18(17(25)3)13-23-24-22(27)14-30-21-10-8-20(9-11-21)26(28)29/h4-13H,14H2,1-3H3,(H,24,27)/b23-13-. The van der Waals surface area contributed by atoms with Crippen molar-refractivity contribution in [2.45, 2.75) is 25.7 Å². The number of carbonyl (C=O) groups is 1. The number of benzene rings is 2. The lowest BCUT2D eigenvalue weighted by Crippen LogP contribution is -2.19. The smallest absolute Gasteiger partial charge is 0.269 e. The average Bonchev–Trinajstić information content (AvgIpc) is 3.01. The molecule has 7 nitrogen and oxygen atoms in total. The number of nitrogens with zero attached hydrogens (tertiary/aromatic N) is 3. The minimum atomic E-state index is -0.453. The van der Waals surface area contributed by atoms with Crippen LogP contribution in [0.1, 0.15) is 22.5 Å². The molecule has 30 heavy (non-hydrogen) atoms. The first-order chi connectivity index (χ1) is 14.3. The third-order valence-electron chi connectivity index (χ3n) is 4.57. The summed E-state index contributed by atoms with van der Waals surface area (Å²) in [6, 6.07) is 16.4. The molecular formula is C22H22N4O3S. The fraction of sp³-hybridized carbons (Fsp3) is 0.182. The number of nitro benzene ring substituents is 1. The average molecular weight is 423 g/mol. The van der Waals surface area contributed by atoms with Crippen LogP contribution in [0, 0.1) is 30.9 Å². The summed E-state index contributed by atoms with van der Waals surface area (Å²) in [5.41, 5.74) is 7.88. The highest BCUT2D eigenvalue weighted by molar-refractivity contribution is 8.00. The molecule has 0 radical (unpaired) electrons. The van der Waals surface area contributed by atoms with E-state index >= 15 is 0 Å². The van der Waals surface area contributed by atoms with Gasteiger partial charge in [0.1, 0.15) is 0 Å². The number of nitro groups is 1. The van der Waals surface area contributed by atoms with Crippen molar-refractivity contribution in [1.82, 2.24) is 9.99 Å². The van der Waals surface area contributed by atoms with Gasteiger partial charge in [-0.15, -0.1) is 11.8 Å². The first-order valence-corrected chi connectivity index (χ1v) is 10.3. The van der Waals surface area contributed by atoms with Crippen LogP contribution >= 0.6 is 11.8 Å². The summed E-state index contributed by atoms with van der Waals surface area (Å²) >= 11 is 1.29. The third-order valence-corrected chi connectivity index (χ3v) is 5.58. The molecule has 3 rings (SSSR count). The second-order valence-electron chi connectivity index (χ2n) is 6.83. The largest absolute Gasteiger partial charge is 0.318 e. The number of hydrogen-bond donors (Lipinski definition) is 1. The Morgan fingerprint density at radius 2 is 1.80 bits per heavy atom. The number of thioether (sulfide) groups is 1. The number of rotatable bonds is 7. The van der Waals surface area contributed by atoms with Gasteiger partial charge in [0.05, 0.1) is 16.9 Å². The van der Waals surface area contributed by atoms with Gasteiger partial charge in [-0.3, -0.25) is 14.9 Å². The molecule has 0 unspecified atom stereocenters. The molecule has 3 aromatic rings. The molecule has 0 spiro atoms. The van der Waals surface area contributed by atoms with Crippen LogP contribution in [0.4, 0.5) is 5.69 Å². The van der Waals surface area contributed by atoms with Crippen LogP contribution in [0.3, 0.4) is 0 Å². The van der Waals surface area contributed by atoms with Gasteiger partial charge in [-0.05, 0) is 51.1 Å². The van der Waals surface area contributed by atoms with Gasteiger partial charge in [0.25, 0.3) is 5.69 Å². The second-order valence-corrected chi connectivity index (χ2v) is 7.88. The molecule has 1 aromatic heterocycles. The molecule has 1 N–H and O–H groups in total. The van der Waals surface area contributed by atoms with Crippen molar-refractivity contribution in [2.75, 3.05) is 5.75 Å². The van der Waals surface area contributed by atoms with Crippen molar-refractivity contribution < 1.29 is 9.72 Å². The summed E-state index contributed by atoms with van der Waals surface area (Å²) in [7, 11) is 0. The predicted octanol–water partition coefficient (Wildman–Crippen LogP) is 4.55. The number of hydrogen-bond acceptors (Lipinski definition) is 5. The molecule has 154 valence electrons. The minimum Gasteiger partial charge on any atom is -0.318 e. The Balaban J connectivity index is 1.58. The van der Waals surface area contributed by atoms with Crippen LogP contribution in [0.15, 0.2) is 64.6 Å². The molecular weight excluding hydrogens is 400 g/mol. The molecule has 0 aliphatic carbocycles. The SMILES string of the molecule is Cc1ccc(-n2c(C)cc(/C=N\NC(=O)CSc3ccc([N+](=O)[O-])cc3)c2C)cc1. The maximum absolute atomic E-state index is 12.0. The quantitative estimate of drug-likeness (QED) is 0.262. The van der Waals surface area contributed by atoms with E-state index in [1.165, 1.54) is 29.5 Å². The lowest BCUT2D eigenvalue weighted by molar-refractivity contribution is -0.384. The Bertz CT molecular complexity index is 1090. The maximum Gasteiger partial charge on any atom is 0.269 e. The van der Waals surface area contributed by atoms with Crippen LogP contribution in [-0.2, 0) is 4.79 Å². The molecule has 2 aromatic carbocycles. The number of non-ortho nitro benzene ring substituents is 1. The molecule has 0 aliphatic heterocycles. The molecule has 0 saturated carbocycles. The van der Waals surface area contributed by atoms with Crippen LogP contribution < -0.4 is 5.43 Å². The summed E-state index contributed by atoms with van der Waals surface area (Å²) < 4.78 is 2.15. The van der Waals surface area contributed by atoms with Gasteiger partial charge in [0, 0.05) is 39.7 Å². The lowest BCUT2D eigenvalue weighted by Gasteiger charge is -2.09. The Labute approximate surface area is 179 Å². The van der Waals surface area contributed by atoms with Crippen molar-refractivity contribution in [3.05, 3.63) is 87.2 Å². The zero-order chi connectivity index (χ0) is 21.7. The minimum absolute atomic E-state index is 0.0247. The molecule has 0 saturated heterocycles. The molecule has 0 atom stereocenters. The predicted molar refractivity (Wildman–Crippen MR) is 120 cm³/mol. The van der Waals surface area contributed by atoms with E-state index in [4.69, 9.17) is 0 Å². The summed E-state index contributed by atoms with van der Waals surface area (Å²) in [5.74, 6) is -0.0840. The van der Waals surface area contributed by atoms with Crippen molar-refractivity contribution in [1.29, 1.82) is 0 Å². The van der Waals surface area contributed by atoms with Crippen LogP contribution in [-0.4, -0.2) is 27.4 Å². The van der Waals surface area contributed by atoms with Crippen molar-refractivity contribution in [3.63, 3.8) is 0 Å². The Hall–Kier alpha value is -3.39. The van der Waals surface area contributed by atoms with Crippen LogP contribution in [0.5, 0.6) is 0 Å². The highest BCUT2D eigenvalue weighted by atomic mass is 32.2. The normalized spacial score (nSPS) is 11.0. The van der Waals surface area contributed by atoms with E-state index in [2.05, 4.69) is 46.3 Å². The van der Waals surface area contributed by atoms with E-state index in [1.54, 1.807) is 18.3 Å². The van der Waals surface area contributed by atoms with E-state index in [1.807, 2.05) is 19.9 Å². The van der Waals surface area contributed by atoms with E-state index in [9.17, 15) is 14.9 Å². The number of carbonyl (C=O) groups excluding carboxylic acids is 1. The maximum atomic E-state index is 12.0. The molecule has 8 heteroatoms. The number of nitrogens with one attached hydrogen (secondary N) is 1. The Morgan fingerprint density at radius 1 is 1.13 bits per heavy atom. The monoisotopic (exact) mass is 422 g/mol. The van der Waals surface area contributed by atoms with Crippen molar-refractivity contribution in [2.24, 2.45) is 5.10 Å². The highest BCUT2D eigenvalue weighted by Gasteiger charge is 2.10. The van der Waals surface area contributed by atoms with Gasteiger partial charge in [0.2, 0.25) is 5.91 Å². The Kier molecular flexibility index (Phi) is 6.68. The molecule has 1 amide bonds. The Morgan fingerprint density at radius 3 is 2.43 bits per heavy atom. The van der Waals surface area contributed by atoms with Gasteiger partial charge in [-0.2, -0.15) is 5.10 Å². The first kappa shape index (κ1) is 21.3. The fourth-order valence-electron chi connectivity index (χ4n) is 3.03. The lowest BCUT2D eigenvalue weighted by atomic mass is 10.2. The summed E-state index contributed by atoms with van der Waals surface area (Å²) in [6.45, 7) is 6.10. The second kappa shape index (κ2) is 9.41. The van der Waals surface area contributed by atoms with Gasteiger partial charge in [0.15, 0.2) is 0 Å². The van der Waals surface area contributed by atoms with Crippen molar-refractivity contribution in [3.8, 4) is 5.69 Å². The van der Waals surface area contributed by atoms with E-state index in [0.717, 1.165) is 27.5 Å². The van der Waals surface area contributed by atoms with E-state index in [-0.39, 0.29) is 17.3 Å². The molecule has 0 bridgehead atoms. The van der Waals surface area contributed by atoms with Gasteiger partial charge in [-0.25, -0.2) is 5.43 Å². The number of aryl methyl sites for hydroxylation is 2. The van der Waals surface area contributed by atoms with Crippen LogP contribution in [0.2, 0.25) is 0 Å². The van der Waals surface area contributed by atoms with Gasteiger partial charge in [-0.1, -0.05) is 17.7 Å². The molecule has 1 heterocycles.